The molecule has 0 aromatic carbocycles. The first-order valence-electron chi connectivity index (χ1n) is 7.48. The summed E-state index contributed by atoms with van der Waals surface area (Å²) in [6.45, 7) is 0.736. The van der Waals surface area contributed by atoms with E-state index in [4.69, 9.17) is 31.0 Å². The van der Waals surface area contributed by atoms with Crippen molar-refractivity contribution >= 4 is 35.1 Å². The molecule has 0 saturated carbocycles. The third kappa shape index (κ3) is 7.21. The molecule has 0 radical (unpaired) electrons. The van der Waals surface area contributed by atoms with E-state index in [0.717, 1.165) is 4.57 Å². The molecule has 1 aliphatic heterocycles. The Morgan fingerprint density at radius 3 is 2.41 bits per heavy atom. The normalized spacial score (nSPS) is 26.8. The molecule has 19 heteroatoms. The largest absolute Gasteiger partial charge is 0.490 e. The number of hydrogen-bond donors (Lipinski definition) is 5. The van der Waals surface area contributed by atoms with Crippen LogP contribution in [0.2, 0.25) is 0 Å². The number of aromatic nitrogens is 2. The van der Waals surface area contributed by atoms with Crippen molar-refractivity contribution < 1.29 is 51.2 Å². The Hall–Kier alpha value is -0.660. The molecule has 0 aliphatic carbocycles. The fraction of sp³-hybridized carbons (Fsp3) is 0.600. The van der Waals surface area contributed by atoms with E-state index in [2.05, 4.69) is 18.1 Å². The average molecular weight is 501 g/mol. The maximum Gasteiger partial charge on any atom is 0.490 e. The van der Waals surface area contributed by atoms with Gasteiger partial charge in [-0.05, 0) is 13.3 Å². The molecule has 1 aliphatic rings. The molecule has 2 heterocycles. The number of halogens is 1. The van der Waals surface area contributed by atoms with Gasteiger partial charge in [0.25, 0.3) is 5.56 Å². The number of nitrogens with one attached hydrogen (secondary N) is 1. The Balaban J connectivity index is 2.02. The molecular weight excluding hydrogens is 484 g/mol. The monoisotopic (exact) mass is 500 g/mol. The summed E-state index contributed by atoms with van der Waals surface area (Å²) in [6.07, 6.45) is -0.820. The summed E-state index contributed by atoms with van der Waals surface area (Å²) in [7, 11) is -16.4. The lowest BCUT2D eigenvalue weighted by Crippen LogP contribution is -2.35. The van der Waals surface area contributed by atoms with Crippen LogP contribution in [-0.4, -0.2) is 47.2 Å². The SMILES string of the molecule is Cc1cn(C2OC(COP(=O)(O)OP(=O)(O)OP(=O)(O)O)CC2Cl)c(=O)[nH]c1=O. The van der Waals surface area contributed by atoms with Crippen LogP contribution in [0.4, 0.5) is 0 Å². The van der Waals surface area contributed by atoms with Gasteiger partial charge in [0.05, 0.1) is 18.1 Å². The minimum absolute atomic E-state index is 0.00655. The second-order valence-corrected chi connectivity index (χ2v) is 10.7. The maximum atomic E-state index is 11.9. The van der Waals surface area contributed by atoms with Gasteiger partial charge in [-0.25, -0.2) is 18.5 Å². The number of phosphoric ester groups is 1. The number of H-pyrrole nitrogens is 1. The molecule has 29 heavy (non-hydrogen) atoms. The molecule has 1 aromatic rings. The first-order valence-corrected chi connectivity index (χ1v) is 12.4. The Labute approximate surface area is 166 Å². The minimum atomic E-state index is -5.63. The minimum Gasteiger partial charge on any atom is -0.351 e. The number of aryl methyl sites for hydroxylation is 1. The smallest absolute Gasteiger partial charge is 0.351 e. The molecule has 1 saturated heterocycles. The highest BCUT2D eigenvalue weighted by Gasteiger charge is 2.42. The van der Waals surface area contributed by atoms with Crippen LogP contribution in [0.5, 0.6) is 0 Å². The van der Waals surface area contributed by atoms with Crippen LogP contribution >= 0.6 is 35.1 Å². The molecule has 2 rings (SSSR count). The standard InChI is InChI=1S/C10H16ClN2O13P3/c1-5-3-13(10(15)12-8(5)14)9-7(11)2-6(24-9)4-23-28(19,20)26-29(21,22)25-27(16,17)18/h3,6-7,9H,2,4H2,1H3,(H,19,20)(H,21,22)(H,12,14,15)(H2,16,17,18). The lowest BCUT2D eigenvalue weighted by molar-refractivity contribution is -0.0236. The van der Waals surface area contributed by atoms with E-state index in [9.17, 15) is 28.2 Å². The highest BCUT2D eigenvalue weighted by molar-refractivity contribution is 7.66. The van der Waals surface area contributed by atoms with Gasteiger partial charge in [-0.15, -0.1) is 11.6 Å². The zero-order valence-electron chi connectivity index (χ0n) is 14.4. The lowest BCUT2D eigenvalue weighted by Gasteiger charge is -2.19. The average Bonchev–Trinajstić information content (AvgIpc) is 2.86. The second kappa shape index (κ2) is 8.83. The summed E-state index contributed by atoms with van der Waals surface area (Å²) >= 11 is 6.11. The van der Waals surface area contributed by atoms with Gasteiger partial charge in [0.2, 0.25) is 0 Å². The Morgan fingerprint density at radius 1 is 1.21 bits per heavy atom. The molecule has 166 valence electrons. The molecule has 15 nitrogen and oxygen atoms in total. The Bertz CT molecular complexity index is 1020. The van der Waals surface area contributed by atoms with E-state index in [1.54, 1.807) is 0 Å². The first kappa shape index (κ1) is 24.6. The molecule has 0 amide bonds. The number of phosphoric acid groups is 3. The number of rotatable bonds is 8. The van der Waals surface area contributed by atoms with Gasteiger partial charge in [0.15, 0.2) is 6.23 Å². The zero-order chi connectivity index (χ0) is 22.2. The molecule has 1 aromatic heterocycles. The van der Waals surface area contributed by atoms with E-state index >= 15 is 0 Å². The van der Waals surface area contributed by atoms with Gasteiger partial charge < -0.3 is 24.3 Å². The van der Waals surface area contributed by atoms with Gasteiger partial charge in [-0.1, -0.05) is 0 Å². The highest BCUT2D eigenvalue weighted by Crippen LogP contribution is 2.66. The van der Waals surface area contributed by atoms with Crippen molar-refractivity contribution in [2.45, 2.75) is 31.1 Å². The molecule has 5 N–H and O–H groups in total. The number of aromatic amines is 1. The summed E-state index contributed by atoms with van der Waals surface area (Å²) in [5.41, 5.74) is -1.20. The quantitative estimate of drug-likeness (QED) is 0.236. The van der Waals surface area contributed by atoms with Crippen LogP contribution in [0.1, 0.15) is 18.2 Å². The fourth-order valence-corrected chi connectivity index (χ4v) is 5.74. The van der Waals surface area contributed by atoms with Gasteiger partial charge in [-0.2, -0.15) is 8.62 Å². The van der Waals surface area contributed by atoms with Crippen molar-refractivity contribution in [2.75, 3.05) is 6.61 Å². The van der Waals surface area contributed by atoms with E-state index < -0.39 is 59.0 Å². The Morgan fingerprint density at radius 2 is 1.83 bits per heavy atom. The van der Waals surface area contributed by atoms with E-state index in [1.807, 2.05) is 0 Å². The lowest BCUT2D eigenvalue weighted by atomic mass is 10.2. The topological polar surface area (TPSA) is 224 Å². The van der Waals surface area contributed by atoms with Crippen LogP contribution in [0, 0.1) is 6.92 Å². The summed E-state index contributed by atoms with van der Waals surface area (Å²) in [5, 5.41) is -0.812. The van der Waals surface area contributed by atoms with Crippen LogP contribution in [0.25, 0.3) is 0 Å². The summed E-state index contributed by atoms with van der Waals surface area (Å²) in [5.74, 6) is 0. The van der Waals surface area contributed by atoms with Crippen molar-refractivity contribution in [3.8, 4) is 0 Å². The third-order valence-corrected chi connectivity index (χ3v) is 7.59. The van der Waals surface area contributed by atoms with E-state index in [-0.39, 0.29) is 12.0 Å². The van der Waals surface area contributed by atoms with Crippen LogP contribution in [-0.2, 0) is 31.6 Å². The van der Waals surface area contributed by atoms with Crippen molar-refractivity contribution in [3.63, 3.8) is 0 Å². The molecule has 1 fully saturated rings. The summed E-state index contributed by atoms with van der Waals surface area (Å²) in [4.78, 5) is 60.8. The highest BCUT2D eigenvalue weighted by atomic mass is 35.5. The molecular formula is C10H16ClN2O13P3. The van der Waals surface area contributed by atoms with Crippen molar-refractivity contribution in [1.29, 1.82) is 0 Å². The van der Waals surface area contributed by atoms with Crippen molar-refractivity contribution in [2.24, 2.45) is 0 Å². The molecule has 5 unspecified atom stereocenters. The van der Waals surface area contributed by atoms with Gasteiger partial charge in [0.1, 0.15) is 0 Å². The van der Waals surface area contributed by atoms with Crippen LogP contribution in [0.3, 0.4) is 0 Å². The zero-order valence-corrected chi connectivity index (χ0v) is 17.8. The molecule has 5 atom stereocenters. The van der Waals surface area contributed by atoms with Crippen LogP contribution in [0.15, 0.2) is 15.8 Å². The first-order chi connectivity index (χ1) is 13.1. The number of alkyl halides is 1. The number of hydrogen-bond acceptors (Lipinski definition) is 9. The van der Waals surface area contributed by atoms with Gasteiger partial charge >= 0.3 is 29.2 Å². The van der Waals surface area contributed by atoms with E-state index in [1.165, 1.54) is 13.1 Å². The summed E-state index contributed by atoms with van der Waals surface area (Å²) in [6, 6.07) is 0. The number of nitrogens with zero attached hydrogens (tertiary/aromatic N) is 1. The second-order valence-electron chi connectivity index (χ2n) is 5.77. The van der Waals surface area contributed by atoms with Crippen molar-refractivity contribution in [3.05, 3.63) is 32.6 Å². The van der Waals surface area contributed by atoms with E-state index in [0.29, 0.717) is 0 Å². The van der Waals surface area contributed by atoms with Gasteiger partial charge in [-0.3, -0.25) is 18.9 Å². The fourth-order valence-electron chi connectivity index (χ4n) is 2.31. The van der Waals surface area contributed by atoms with Crippen molar-refractivity contribution in [1.82, 2.24) is 9.55 Å². The predicted octanol–water partition coefficient (Wildman–Crippen LogP) is 0.0832. The Kier molecular flexibility index (Phi) is 7.50. The van der Waals surface area contributed by atoms with Crippen LogP contribution < -0.4 is 11.2 Å². The predicted molar refractivity (Wildman–Crippen MR) is 94.0 cm³/mol. The molecule has 0 bridgehead atoms. The van der Waals surface area contributed by atoms with Gasteiger partial charge in [0, 0.05) is 11.8 Å². The molecule has 0 spiro atoms. The summed E-state index contributed by atoms with van der Waals surface area (Å²) < 4.78 is 51.6. The third-order valence-electron chi connectivity index (χ3n) is 3.39. The maximum absolute atomic E-state index is 11.9. The number of ether oxygens (including phenoxy) is 1.